The molecule has 8 heteroatoms. The lowest BCUT2D eigenvalue weighted by molar-refractivity contribution is 0.557. The standard InChI is InChI=1S/C11H13Cl2N5S/c1-6(2)18-10(14)16-17-11(18)19-5-9-8(13)3-7(12)4-15-9/h3-4,6H,5H2,1-2H3,(H2,14,16). The highest BCUT2D eigenvalue weighted by molar-refractivity contribution is 7.98. The van der Waals surface area contributed by atoms with E-state index in [0.29, 0.717) is 21.7 Å². The van der Waals surface area contributed by atoms with E-state index >= 15 is 0 Å². The van der Waals surface area contributed by atoms with Crippen molar-refractivity contribution in [1.29, 1.82) is 0 Å². The van der Waals surface area contributed by atoms with E-state index in [9.17, 15) is 0 Å². The highest BCUT2D eigenvalue weighted by Crippen LogP contribution is 2.28. The van der Waals surface area contributed by atoms with E-state index in [0.717, 1.165) is 10.9 Å². The Morgan fingerprint density at radius 2 is 2.11 bits per heavy atom. The van der Waals surface area contributed by atoms with Crippen molar-refractivity contribution in [2.24, 2.45) is 0 Å². The van der Waals surface area contributed by atoms with Gasteiger partial charge in [0.1, 0.15) is 0 Å². The maximum absolute atomic E-state index is 6.08. The van der Waals surface area contributed by atoms with Gasteiger partial charge in [0.25, 0.3) is 0 Å². The van der Waals surface area contributed by atoms with Crippen molar-refractivity contribution in [3.8, 4) is 0 Å². The molecule has 0 spiro atoms. The van der Waals surface area contributed by atoms with Gasteiger partial charge in [0, 0.05) is 18.0 Å². The number of anilines is 1. The van der Waals surface area contributed by atoms with Crippen LogP contribution in [0, 0.1) is 0 Å². The highest BCUT2D eigenvalue weighted by atomic mass is 35.5. The Labute approximate surface area is 125 Å². The van der Waals surface area contributed by atoms with E-state index in [-0.39, 0.29) is 6.04 Å². The first-order valence-corrected chi connectivity index (χ1v) is 7.36. The molecule has 0 saturated heterocycles. The Balaban J connectivity index is 2.15. The summed E-state index contributed by atoms with van der Waals surface area (Å²) in [6.45, 7) is 4.05. The molecule has 2 aromatic heterocycles. The monoisotopic (exact) mass is 317 g/mol. The van der Waals surface area contributed by atoms with Crippen LogP contribution < -0.4 is 5.73 Å². The van der Waals surface area contributed by atoms with Crippen molar-refractivity contribution in [3.05, 3.63) is 28.0 Å². The van der Waals surface area contributed by atoms with Gasteiger partial charge in [-0.3, -0.25) is 9.55 Å². The molecule has 2 aromatic rings. The zero-order valence-electron chi connectivity index (χ0n) is 10.5. The summed E-state index contributed by atoms with van der Waals surface area (Å²) >= 11 is 13.4. The van der Waals surface area contributed by atoms with Gasteiger partial charge in [0.15, 0.2) is 5.16 Å². The van der Waals surface area contributed by atoms with Gasteiger partial charge in [0.05, 0.1) is 15.7 Å². The van der Waals surface area contributed by atoms with E-state index in [2.05, 4.69) is 15.2 Å². The summed E-state index contributed by atoms with van der Waals surface area (Å²) in [5.41, 5.74) is 6.54. The molecule has 0 unspecified atom stereocenters. The van der Waals surface area contributed by atoms with Crippen molar-refractivity contribution in [3.63, 3.8) is 0 Å². The highest BCUT2D eigenvalue weighted by Gasteiger charge is 2.14. The number of nitrogens with zero attached hydrogens (tertiary/aromatic N) is 4. The van der Waals surface area contributed by atoms with E-state index < -0.39 is 0 Å². The fourth-order valence-electron chi connectivity index (χ4n) is 1.55. The lowest BCUT2D eigenvalue weighted by Gasteiger charge is -2.11. The van der Waals surface area contributed by atoms with Crippen LogP contribution in [0.15, 0.2) is 17.4 Å². The van der Waals surface area contributed by atoms with E-state index in [4.69, 9.17) is 28.9 Å². The zero-order chi connectivity index (χ0) is 14.0. The quantitative estimate of drug-likeness (QED) is 0.875. The second kappa shape index (κ2) is 5.98. The number of nitrogen functional groups attached to an aromatic ring is 1. The number of hydrogen-bond acceptors (Lipinski definition) is 5. The normalized spacial score (nSPS) is 11.2. The van der Waals surface area contributed by atoms with E-state index in [1.807, 2.05) is 18.4 Å². The third-order valence-electron chi connectivity index (χ3n) is 2.43. The van der Waals surface area contributed by atoms with Crippen molar-refractivity contribution < 1.29 is 0 Å². The van der Waals surface area contributed by atoms with Crippen LogP contribution in [0.4, 0.5) is 5.95 Å². The molecule has 0 radical (unpaired) electrons. The number of aromatic nitrogens is 4. The molecule has 0 atom stereocenters. The summed E-state index contributed by atoms with van der Waals surface area (Å²) in [7, 11) is 0. The zero-order valence-corrected chi connectivity index (χ0v) is 12.8. The number of thioether (sulfide) groups is 1. The second-order valence-corrected chi connectivity index (χ2v) is 5.96. The molecule has 19 heavy (non-hydrogen) atoms. The molecule has 2 N–H and O–H groups in total. The number of rotatable bonds is 4. The summed E-state index contributed by atoms with van der Waals surface area (Å²) in [6, 6.07) is 1.87. The van der Waals surface area contributed by atoms with Crippen molar-refractivity contribution in [2.75, 3.05) is 5.73 Å². The molecule has 0 amide bonds. The number of halogens is 2. The summed E-state index contributed by atoms with van der Waals surface area (Å²) < 4.78 is 1.87. The van der Waals surface area contributed by atoms with Gasteiger partial charge >= 0.3 is 0 Å². The molecule has 2 heterocycles. The molecule has 0 aliphatic rings. The third-order valence-corrected chi connectivity index (χ3v) is 3.92. The number of pyridine rings is 1. The smallest absolute Gasteiger partial charge is 0.222 e. The fourth-order valence-corrected chi connectivity index (χ4v) is 3.12. The van der Waals surface area contributed by atoms with Gasteiger partial charge in [-0.05, 0) is 19.9 Å². The summed E-state index contributed by atoms with van der Waals surface area (Å²) in [6.07, 6.45) is 1.57. The van der Waals surface area contributed by atoms with Crippen LogP contribution in [-0.4, -0.2) is 19.7 Å². The molecule has 0 aromatic carbocycles. The van der Waals surface area contributed by atoms with Crippen LogP contribution in [0.25, 0.3) is 0 Å². The average molecular weight is 318 g/mol. The van der Waals surface area contributed by atoms with Crippen molar-refractivity contribution >= 4 is 40.9 Å². The molecule has 0 saturated carbocycles. The minimum absolute atomic E-state index is 0.200. The lowest BCUT2D eigenvalue weighted by Crippen LogP contribution is -2.07. The van der Waals surface area contributed by atoms with Gasteiger partial charge in [0.2, 0.25) is 5.95 Å². The lowest BCUT2D eigenvalue weighted by atomic mass is 10.4. The molecule has 0 bridgehead atoms. The first-order chi connectivity index (χ1) is 8.99. The molecule has 102 valence electrons. The molecule has 0 aliphatic heterocycles. The van der Waals surface area contributed by atoms with Crippen LogP contribution in [0.1, 0.15) is 25.6 Å². The van der Waals surface area contributed by atoms with E-state index in [1.54, 1.807) is 12.3 Å². The first-order valence-electron chi connectivity index (χ1n) is 5.62. The molecule has 2 rings (SSSR count). The van der Waals surface area contributed by atoms with Crippen molar-refractivity contribution in [1.82, 2.24) is 19.7 Å². The predicted octanol–water partition coefficient (Wildman–Crippen LogP) is 3.44. The first kappa shape index (κ1) is 14.4. The molecular formula is C11H13Cl2N5S. The minimum atomic E-state index is 0.200. The molecule has 0 aliphatic carbocycles. The summed E-state index contributed by atoms with van der Waals surface area (Å²) in [5, 5.41) is 9.75. The third kappa shape index (κ3) is 3.32. The Morgan fingerprint density at radius 1 is 1.37 bits per heavy atom. The summed E-state index contributed by atoms with van der Waals surface area (Å²) in [5.74, 6) is 0.994. The van der Waals surface area contributed by atoms with Gasteiger partial charge in [-0.2, -0.15) is 0 Å². The molecule has 0 fully saturated rings. The van der Waals surface area contributed by atoms with Crippen molar-refractivity contribution in [2.45, 2.75) is 30.8 Å². The SMILES string of the molecule is CC(C)n1c(N)nnc1SCc1ncc(Cl)cc1Cl. The van der Waals surface area contributed by atoms with Gasteiger partial charge < -0.3 is 5.73 Å². The van der Waals surface area contributed by atoms with E-state index in [1.165, 1.54) is 11.8 Å². The van der Waals surface area contributed by atoms with Crippen LogP contribution in [-0.2, 0) is 5.75 Å². The molecular weight excluding hydrogens is 305 g/mol. The summed E-state index contributed by atoms with van der Waals surface area (Å²) in [4.78, 5) is 4.20. The maximum Gasteiger partial charge on any atom is 0.222 e. The fraction of sp³-hybridized carbons (Fsp3) is 0.364. The maximum atomic E-state index is 6.08. The largest absolute Gasteiger partial charge is 0.368 e. The number of nitrogens with two attached hydrogens (primary N) is 1. The van der Waals surface area contributed by atoms with Crippen LogP contribution in [0.3, 0.4) is 0 Å². The van der Waals surface area contributed by atoms with Crippen LogP contribution >= 0.6 is 35.0 Å². The Kier molecular flexibility index (Phi) is 4.54. The van der Waals surface area contributed by atoms with Crippen LogP contribution in [0.5, 0.6) is 0 Å². The number of hydrogen-bond donors (Lipinski definition) is 1. The topological polar surface area (TPSA) is 69.6 Å². The van der Waals surface area contributed by atoms with Gasteiger partial charge in [-0.25, -0.2) is 0 Å². The second-order valence-electron chi connectivity index (χ2n) is 4.18. The van der Waals surface area contributed by atoms with Gasteiger partial charge in [-0.15, -0.1) is 10.2 Å². The Bertz CT molecular complexity index is 584. The average Bonchev–Trinajstić information content (AvgIpc) is 2.69. The predicted molar refractivity (Wildman–Crippen MR) is 78.6 cm³/mol. The Morgan fingerprint density at radius 3 is 2.74 bits per heavy atom. The Hall–Kier alpha value is -0.980. The minimum Gasteiger partial charge on any atom is -0.368 e. The molecule has 5 nitrogen and oxygen atoms in total. The van der Waals surface area contributed by atoms with Crippen LogP contribution in [0.2, 0.25) is 10.0 Å². The van der Waals surface area contributed by atoms with Gasteiger partial charge in [-0.1, -0.05) is 35.0 Å².